The first-order chi connectivity index (χ1) is 18.9. The van der Waals surface area contributed by atoms with E-state index in [9.17, 15) is 14.0 Å². The minimum Gasteiger partial charge on any atom is -0.444 e. The quantitative estimate of drug-likeness (QED) is 0.308. The smallest absolute Gasteiger partial charge is 0.410 e. The van der Waals surface area contributed by atoms with Crippen molar-refractivity contribution in [2.75, 3.05) is 24.5 Å². The van der Waals surface area contributed by atoms with Crippen molar-refractivity contribution in [2.24, 2.45) is 0 Å². The molecular weight excluding hydrogens is 535 g/mol. The molecule has 0 radical (unpaired) electrons. The Bertz CT molecular complexity index is 1650. The van der Waals surface area contributed by atoms with E-state index in [0.717, 1.165) is 11.1 Å². The predicted molar refractivity (Wildman–Crippen MR) is 153 cm³/mol. The van der Waals surface area contributed by atoms with Crippen LogP contribution in [0.1, 0.15) is 33.3 Å². The lowest BCUT2D eigenvalue weighted by Gasteiger charge is -2.41. The predicted octanol–water partition coefficient (Wildman–Crippen LogP) is 5.39. The summed E-state index contributed by atoms with van der Waals surface area (Å²) in [7, 11) is 0. The zero-order chi connectivity index (χ0) is 28.8. The van der Waals surface area contributed by atoms with Crippen LogP contribution in [0.25, 0.3) is 28.0 Å². The van der Waals surface area contributed by atoms with E-state index in [0.29, 0.717) is 36.4 Å². The molecular formula is C29H30ClFN6O3. The lowest BCUT2D eigenvalue weighted by Crippen LogP contribution is -2.55. The van der Waals surface area contributed by atoms with Gasteiger partial charge in [-0.25, -0.2) is 23.5 Å². The Labute approximate surface area is 236 Å². The van der Waals surface area contributed by atoms with Gasteiger partial charge in [-0.2, -0.15) is 4.98 Å². The Kier molecular flexibility index (Phi) is 7.22. The molecule has 5 rings (SSSR count). The van der Waals surface area contributed by atoms with Gasteiger partial charge in [0.2, 0.25) is 0 Å². The first kappa shape index (κ1) is 27.5. The van der Waals surface area contributed by atoms with Crippen LogP contribution in [0.2, 0.25) is 5.15 Å². The summed E-state index contributed by atoms with van der Waals surface area (Å²) in [4.78, 5) is 43.3. The number of fused-ring (bicyclic) bond motifs is 1. The number of anilines is 1. The van der Waals surface area contributed by atoms with Crippen molar-refractivity contribution < 1.29 is 13.9 Å². The standard InChI is InChI=1S/C29H30ClFN6O3/c1-17-11-12-32-22(19-9-7-6-8-10-19)23(17)37-26-20(15-21(31)24(30)33-26)25(34-27(37)38)36-14-13-35(16-18(36)2)28(39)40-29(3,4)5/h6-12,15,18H,13-14,16H2,1-5H3/t18-/m0/s1. The Hall–Kier alpha value is -4.05. The van der Waals surface area contributed by atoms with Crippen molar-refractivity contribution in [3.63, 3.8) is 0 Å². The summed E-state index contributed by atoms with van der Waals surface area (Å²) in [5.41, 5.74) is 1.54. The van der Waals surface area contributed by atoms with Crippen LogP contribution in [0.4, 0.5) is 15.0 Å². The van der Waals surface area contributed by atoms with E-state index in [1.165, 1.54) is 10.6 Å². The molecule has 3 aromatic heterocycles. The highest BCUT2D eigenvalue weighted by Crippen LogP contribution is 2.33. The minimum atomic E-state index is -0.728. The average Bonchev–Trinajstić information content (AvgIpc) is 2.89. The van der Waals surface area contributed by atoms with Gasteiger partial charge < -0.3 is 14.5 Å². The summed E-state index contributed by atoms with van der Waals surface area (Å²) in [6, 6.07) is 12.2. The zero-order valence-corrected chi connectivity index (χ0v) is 23.7. The molecule has 1 aliphatic heterocycles. The van der Waals surface area contributed by atoms with Crippen LogP contribution in [-0.4, -0.2) is 61.8 Å². The van der Waals surface area contributed by atoms with Gasteiger partial charge in [-0.3, -0.25) is 4.98 Å². The number of amides is 1. The molecule has 1 fully saturated rings. The summed E-state index contributed by atoms with van der Waals surface area (Å²) in [6.07, 6.45) is 1.26. The first-order valence-electron chi connectivity index (χ1n) is 13.0. The van der Waals surface area contributed by atoms with E-state index in [1.807, 2.05) is 69.9 Å². The maximum atomic E-state index is 14.9. The fourth-order valence-corrected chi connectivity index (χ4v) is 5.04. The van der Waals surface area contributed by atoms with Gasteiger partial charge in [0, 0.05) is 37.4 Å². The van der Waals surface area contributed by atoms with Crippen LogP contribution in [0.3, 0.4) is 0 Å². The van der Waals surface area contributed by atoms with Gasteiger partial charge in [-0.1, -0.05) is 41.9 Å². The van der Waals surface area contributed by atoms with E-state index in [-0.39, 0.29) is 22.7 Å². The van der Waals surface area contributed by atoms with Crippen LogP contribution in [-0.2, 0) is 4.74 Å². The van der Waals surface area contributed by atoms with Crippen LogP contribution >= 0.6 is 11.6 Å². The summed E-state index contributed by atoms with van der Waals surface area (Å²) >= 11 is 6.16. The van der Waals surface area contributed by atoms with Gasteiger partial charge in [0.15, 0.2) is 16.6 Å². The number of ether oxygens (including phenoxy) is 1. The number of hydrogen-bond acceptors (Lipinski definition) is 7. The lowest BCUT2D eigenvalue weighted by molar-refractivity contribution is 0.0218. The molecule has 11 heteroatoms. The fourth-order valence-electron chi connectivity index (χ4n) is 4.91. The van der Waals surface area contributed by atoms with Crippen LogP contribution < -0.4 is 10.6 Å². The van der Waals surface area contributed by atoms with Crippen LogP contribution in [0, 0.1) is 12.7 Å². The topological polar surface area (TPSA) is 93.5 Å². The van der Waals surface area contributed by atoms with Crippen molar-refractivity contribution in [1.82, 2.24) is 24.4 Å². The maximum Gasteiger partial charge on any atom is 0.410 e. The Morgan fingerprint density at radius 1 is 1.12 bits per heavy atom. The molecule has 0 unspecified atom stereocenters. The number of benzene rings is 1. The second-order valence-electron chi connectivity index (χ2n) is 10.8. The maximum absolute atomic E-state index is 14.9. The van der Waals surface area contributed by atoms with E-state index < -0.39 is 23.2 Å². The van der Waals surface area contributed by atoms with E-state index in [4.69, 9.17) is 16.3 Å². The molecule has 1 aromatic carbocycles. The van der Waals surface area contributed by atoms with Crippen LogP contribution in [0.5, 0.6) is 0 Å². The number of nitrogens with zero attached hydrogens (tertiary/aromatic N) is 6. The molecule has 1 saturated heterocycles. The summed E-state index contributed by atoms with van der Waals surface area (Å²) in [5, 5.41) is -0.0373. The van der Waals surface area contributed by atoms with Gasteiger partial charge in [0.05, 0.1) is 16.8 Å². The molecule has 9 nitrogen and oxygen atoms in total. The highest BCUT2D eigenvalue weighted by Gasteiger charge is 2.32. The number of aryl methyl sites for hydroxylation is 1. The second kappa shape index (κ2) is 10.5. The molecule has 208 valence electrons. The fraction of sp³-hybridized carbons (Fsp3) is 0.345. The van der Waals surface area contributed by atoms with Gasteiger partial charge >= 0.3 is 11.8 Å². The van der Waals surface area contributed by atoms with Gasteiger partial charge in [-0.15, -0.1) is 0 Å². The molecule has 4 aromatic rings. The molecule has 1 aliphatic rings. The lowest BCUT2D eigenvalue weighted by atomic mass is 10.1. The van der Waals surface area contributed by atoms with E-state index >= 15 is 0 Å². The van der Waals surface area contributed by atoms with E-state index in [1.54, 1.807) is 17.2 Å². The number of pyridine rings is 2. The molecule has 0 saturated carbocycles. The molecule has 0 bridgehead atoms. The zero-order valence-electron chi connectivity index (χ0n) is 23.0. The third-order valence-corrected chi connectivity index (χ3v) is 6.97. The first-order valence-corrected chi connectivity index (χ1v) is 13.4. The van der Waals surface area contributed by atoms with Crippen LogP contribution in [0.15, 0.2) is 53.5 Å². The molecule has 1 atom stereocenters. The molecule has 1 amide bonds. The van der Waals surface area contributed by atoms with Crippen molar-refractivity contribution in [3.8, 4) is 16.9 Å². The Morgan fingerprint density at radius 3 is 2.52 bits per heavy atom. The summed E-state index contributed by atoms with van der Waals surface area (Å²) < 4.78 is 21.7. The largest absolute Gasteiger partial charge is 0.444 e. The monoisotopic (exact) mass is 564 g/mol. The van der Waals surface area contributed by atoms with Gasteiger partial charge in [0.25, 0.3) is 0 Å². The second-order valence-corrected chi connectivity index (χ2v) is 11.2. The van der Waals surface area contributed by atoms with Gasteiger partial charge in [-0.05, 0) is 52.3 Å². The summed E-state index contributed by atoms with van der Waals surface area (Å²) in [5.74, 6) is -0.452. The third kappa shape index (κ3) is 5.23. The highest BCUT2D eigenvalue weighted by molar-refractivity contribution is 6.30. The number of aromatic nitrogens is 4. The SMILES string of the molecule is Cc1ccnc(-c2ccccc2)c1-n1c(=O)nc(N2CCN(C(=O)OC(C)(C)C)C[C@@H]2C)c2cc(F)c(Cl)nc21. The Balaban J connectivity index is 1.65. The highest BCUT2D eigenvalue weighted by atomic mass is 35.5. The third-order valence-electron chi connectivity index (χ3n) is 6.71. The molecule has 0 spiro atoms. The number of hydrogen-bond donors (Lipinski definition) is 0. The van der Waals surface area contributed by atoms with Crippen molar-refractivity contribution in [1.29, 1.82) is 0 Å². The minimum absolute atomic E-state index is 0.163. The van der Waals surface area contributed by atoms with E-state index in [2.05, 4.69) is 15.0 Å². The molecule has 4 heterocycles. The normalized spacial score (nSPS) is 15.9. The van der Waals surface area contributed by atoms with Crippen molar-refractivity contribution >= 4 is 34.5 Å². The number of halogens is 2. The number of carbonyl (C=O) groups is 1. The summed E-state index contributed by atoms with van der Waals surface area (Å²) in [6.45, 7) is 10.3. The van der Waals surface area contributed by atoms with Crippen molar-refractivity contribution in [3.05, 3.63) is 75.7 Å². The average molecular weight is 565 g/mol. The Morgan fingerprint density at radius 2 is 1.85 bits per heavy atom. The number of rotatable bonds is 3. The number of piperazine rings is 1. The molecule has 40 heavy (non-hydrogen) atoms. The van der Waals surface area contributed by atoms with Gasteiger partial charge in [0.1, 0.15) is 11.4 Å². The number of carbonyl (C=O) groups excluding carboxylic acids is 1. The molecule has 0 N–H and O–H groups in total. The van der Waals surface area contributed by atoms with Crippen molar-refractivity contribution in [2.45, 2.75) is 46.3 Å². The molecule has 0 aliphatic carbocycles.